The number of benzene rings is 2. The van der Waals surface area contributed by atoms with Crippen LogP contribution in [0.5, 0.6) is 5.75 Å². The smallest absolute Gasteiger partial charge is 0.137 e. The minimum atomic E-state index is 0.263. The van der Waals surface area contributed by atoms with Crippen LogP contribution in [0.2, 0.25) is 15.1 Å². The van der Waals surface area contributed by atoms with Crippen LogP contribution in [0.15, 0.2) is 29.2 Å². The number of halogens is 3. The van der Waals surface area contributed by atoms with Crippen molar-refractivity contribution in [1.29, 1.82) is 0 Å². The third kappa shape index (κ3) is 3.45. The Bertz CT molecular complexity index is 819. The summed E-state index contributed by atoms with van der Waals surface area (Å²) in [5, 5.41) is 5.19. The Morgan fingerprint density at radius 1 is 1.15 bits per heavy atom. The molecule has 138 valence electrons. The highest BCUT2D eigenvalue weighted by molar-refractivity contribution is 7.99. The van der Waals surface area contributed by atoms with E-state index in [1.807, 2.05) is 11.8 Å². The van der Waals surface area contributed by atoms with Gasteiger partial charge in [0.05, 0.1) is 14.9 Å². The first kappa shape index (κ1) is 18.8. The summed E-state index contributed by atoms with van der Waals surface area (Å²) in [4.78, 5) is 1.18. The number of hydrogen-bond acceptors (Lipinski definition) is 3. The number of hydrogen-bond donors (Lipinski definition) is 1. The maximum Gasteiger partial charge on any atom is 0.137 e. The summed E-state index contributed by atoms with van der Waals surface area (Å²) in [6.45, 7) is 4.14. The zero-order valence-electron chi connectivity index (χ0n) is 14.5. The van der Waals surface area contributed by atoms with Crippen molar-refractivity contribution in [2.75, 3.05) is 18.8 Å². The normalized spacial score (nSPS) is 21.2. The molecule has 26 heavy (non-hydrogen) atoms. The van der Waals surface area contributed by atoms with Crippen LogP contribution >= 0.6 is 46.6 Å². The quantitative estimate of drug-likeness (QED) is 0.550. The predicted molar refractivity (Wildman–Crippen MR) is 113 cm³/mol. The zero-order valence-corrected chi connectivity index (χ0v) is 17.5. The van der Waals surface area contributed by atoms with Crippen LogP contribution in [0.4, 0.5) is 0 Å². The third-order valence-electron chi connectivity index (χ3n) is 4.93. The van der Waals surface area contributed by atoms with E-state index in [4.69, 9.17) is 39.5 Å². The highest BCUT2D eigenvalue weighted by Gasteiger charge is 2.38. The Hall–Kier alpha value is -0.580. The molecule has 1 N–H and O–H groups in total. The van der Waals surface area contributed by atoms with Crippen LogP contribution < -0.4 is 10.1 Å². The molecule has 2 aromatic carbocycles. The first-order valence-electron chi connectivity index (χ1n) is 8.91. The van der Waals surface area contributed by atoms with E-state index in [0.717, 1.165) is 48.6 Å². The maximum atomic E-state index is 6.50. The van der Waals surface area contributed by atoms with Gasteiger partial charge in [0.1, 0.15) is 11.9 Å². The van der Waals surface area contributed by atoms with E-state index >= 15 is 0 Å². The molecule has 0 bridgehead atoms. The fourth-order valence-corrected chi connectivity index (χ4v) is 5.71. The molecule has 6 heteroatoms. The fourth-order valence-electron chi connectivity index (χ4n) is 3.74. The van der Waals surface area contributed by atoms with Gasteiger partial charge in [-0.25, -0.2) is 0 Å². The van der Waals surface area contributed by atoms with Crippen molar-refractivity contribution >= 4 is 46.6 Å². The van der Waals surface area contributed by atoms with Crippen molar-refractivity contribution in [3.05, 3.63) is 44.9 Å². The molecule has 4 rings (SSSR count). The number of ether oxygens (including phenoxy) is 1. The molecule has 1 fully saturated rings. The zero-order chi connectivity index (χ0) is 18.3. The van der Waals surface area contributed by atoms with E-state index in [1.165, 1.54) is 10.5 Å². The van der Waals surface area contributed by atoms with Crippen LogP contribution in [-0.4, -0.2) is 24.9 Å². The lowest BCUT2D eigenvalue weighted by molar-refractivity contribution is 0.169. The molecule has 0 radical (unpaired) electrons. The molecular weight excluding hydrogens is 409 g/mol. The molecule has 2 aliphatic heterocycles. The molecule has 2 atom stereocenters. The maximum absolute atomic E-state index is 6.50. The molecule has 2 heterocycles. The van der Waals surface area contributed by atoms with Crippen molar-refractivity contribution in [3.8, 4) is 16.9 Å². The van der Waals surface area contributed by atoms with Gasteiger partial charge < -0.3 is 10.1 Å². The van der Waals surface area contributed by atoms with Crippen molar-refractivity contribution in [3.63, 3.8) is 0 Å². The lowest BCUT2D eigenvalue weighted by Gasteiger charge is -2.25. The van der Waals surface area contributed by atoms with Gasteiger partial charge in [0, 0.05) is 28.6 Å². The van der Waals surface area contributed by atoms with Crippen LogP contribution in [0.1, 0.15) is 31.2 Å². The SMILES string of the molecule is CCCSc1cc(-c2c(Cl)cc(Cl)cc2Cl)cc2c1O[C@H]1CCNC[C@@H]21. The molecule has 0 spiro atoms. The molecule has 2 nitrogen and oxygen atoms in total. The molecule has 0 aliphatic carbocycles. The van der Waals surface area contributed by atoms with Crippen molar-refractivity contribution in [2.45, 2.75) is 36.7 Å². The van der Waals surface area contributed by atoms with Crippen molar-refractivity contribution in [1.82, 2.24) is 5.32 Å². The van der Waals surface area contributed by atoms with Crippen LogP contribution in [0.3, 0.4) is 0 Å². The summed E-state index contributed by atoms with van der Waals surface area (Å²) >= 11 is 20.9. The highest BCUT2D eigenvalue weighted by atomic mass is 35.5. The van der Waals surface area contributed by atoms with Crippen LogP contribution in [0.25, 0.3) is 11.1 Å². The van der Waals surface area contributed by atoms with Gasteiger partial charge in [0.2, 0.25) is 0 Å². The lowest BCUT2D eigenvalue weighted by atomic mass is 9.89. The molecular formula is C20H20Cl3NOS. The Morgan fingerprint density at radius 2 is 1.92 bits per heavy atom. The number of nitrogens with one attached hydrogen (secondary N) is 1. The second-order valence-corrected chi connectivity index (χ2v) is 9.13. The fraction of sp³-hybridized carbons (Fsp3) is 0.400. The van der Waals surface area contributed by atoms with Gasteiger partial charge in [-0.2, -0.15) is 0 Å². The van der Waals surface area contributed by atoms with Crippen molar-refractivity contribution < 1.29 is 4.74 Å². The second kappa shape index (κ2) is 7.81. The summed E-state index contributed by atoms with van der Waals surface area (Å²) in [6, 6.07) is 7.85. The predicted octanol–water partition coefficient (Wildman–Crippen LogP) is 6.65. The number of rotatable bonds is 4. The monoisotopic (exact) mass is 427 g/mol. The number of fused-ring (bicyclic) bond motifs is 3. The van der Waals surface area contributed by atoms with Crippen LogP contribution in [-0.2, 0) is 0 Å². The molecule has 2 aliphatic rings. The summed E-state index contributed by atoms with van der Waals surface area (Å²) in [5.41, 5.74) is 3.13. The van der Waals surface area contributed by atoms with Gasteiger partial charge in [0.25, 0.3) is 0 Å². The van der Waals surface area contributed by atoms with Gasteiger partial charge in [-0.05, 0) is 55.0 Å². The minimum absolute atomic E-state index is 0.263. The minimum Gasteiger partial charge on any atom is -0.488 e. The van der Waals surface area contributed by atoms with E-state index in [1.54, 1.807) is 12.1 Å². The average molecular weight is 429 g/mol. The molecule has 0 unspecified atom stereocenters. The first-order valence-corrected chi connectivity index (χ1v) is 11.0. The van der Waals surface area contributed by atoms with E-state index in [0.29, 0.717) is 21.0 Å². The lowest BCUT2D eigenvalue weighted by Crippen LogP contribution is -2.37. The van der Waals surface area contributed by atoms with Gasteiger partial charge >= 0.3 is 0 Å². The summed E-state index contributed by atoms with van der Waals surface area (Å²) < 4.78 is 6.36. The van der Waals surface area contributed by atoms with Gasteiger partial charge in [-0.1, -0.05) is 41.7 Å². The highest BCUT2D eigenvalue weighted by Crippen LogP contribution is 2.49. The van der Waals surface area contributed by atoms with Gasteiger partial charge in [-0.3, -0.25) is 0 Å². The largest absolute Gasteiger partial charge is 0.488 e. The van der Waals surface area contributed by atoms with Crippen molar-refractivity contribution in [2.24, 2.45) is 0 Å². The standard InChI is InChI=1S/C20H20Cl3NOS/c1-2-5-26-18-7-11(19-15(22)8-12(21)9-16(19)23)6-13-14-10-24-4-3-17(14)25-20(13)18/h6-9,14,17,24H,2-5,10H2,1H3/t14-,17-/m0/s1. The molecule has 1 saturated heterocycles. The van der Waals surface area contributed by atoms with E-state index in [-0.39, 0.29) is 6.10 Å². The Balaban J connectivity index is 1.85. The third-order valence-corrected chi connectivity index (χ3v) is 6.97. The van der Waals surface area contributed by atoms with Gasteiger partial charge in [0.15, 0.2) is 0 Å². The van der Waals surface area contributed by atoms with E-state index in [9.17, 15) is 0 Å². The molecule has 0 saturated carbocycles. The summed E-state index contributed by atoms with van der Waals surface area (Å²) in [6.07, 6.45) is 2.41. The number of piperidine rings is 1. The molecule has 2 aromatic rings. The Kier molecular flexibility index (Phi) is 5.64. The molecule has 0 amide bonds. The molecule has 0 aromatic heterocycles. The summed E-state index contributed by atoms with van der Waals surface area (Å²) in [5.74, 6) is 2.48. The Labute approximate surface area is 173 Å². The topological polar surface area (TPSA) is 21.3 Å². The van der Waals surface area contributed by atoms with Crippen LogP contribution in [0, 0.1) is 0 Å². The van der Waals surface area contributed by atoms with Gasteiger partial charge in [-0.15, -0.1) is 11.8 Å². The first-order chi connectivity index (χ1) is 12.6. The summed E-state index contributed by atoms with van der Waals surface area (Å²) in [7, 11) is 0. The second-order valence-electron chi connectivity index (χ2n) is 6.74. The number of thioether (sulfide) groups is 1. The Morgan fingerprint density at radius 3 is 2.65 bits per heavy atom. The average Bonchev–Trinajstić information content (AvgIpc) is 2.98. The van der Waals surface area contributed by atoms with E-state index in [2.05, 4.69) is 24.4 Å². The van der Waals surface area contributed by atoms with E-state index < -0.39 is 0 Å².